The third-order valence-corrected chi connectivity index (χ3v) is 5.02. The van der Waals surface area contributed by atoms with Crippen molar-refractivity contribution in [2.24, 2.45) is 10.9 Å². The maximum absolute atomic E-state index is 5.60. The second kappa shape index (κ2) is 12.8. The highest BCUT2D eigenvalue weighted by Crippen LogP contribution is 2.24. The van der Waals surface area contributed by atoms with Gasteiger partial charge in [-0.1, -0.05) is 13.8 Å². The van der Waals surface area contributed by atoms with Crippen molar-refractivity contribution in [3.63, 3.8) is 0 Å². The molecule has 144 valence electrons. The van der Waals surface area contributed by atoms with Gasteiger partial charge in [-0.05, 0) is 42.7 Å². The molecule has 0 bridgehead atoms. The van der Waals surface area contributed by atoms with Crippen LogP contribution in [-0.4, -0.2) is 51.9 Å². The summed E-state index contributed by atoms with van der Waals surface area (Å²) in [4.78, 5) is 6.82. The molecule has 2 heterocycles. The molecule has 25 heavy (non-hydrogen) atoms. The van der Waals surface area contributed by atoms with Crippen LogP contribution in [0.2, 0.25) is 0 Å². The molecule has 0 aromatic carbocycles. The summed E-state index contributed by atoms with van der Waals surface area (Å²) >= 11 is 1.83. The molecular formula is C18H33IN4OS. The number of ether oxygens (including phenoxy) is 1. The van der Waals surface area contributed by atoms with Crippen molar-refractivity contribution in [1.82, 2.24) is 10.6 Å². The minimum atomic E-state index is 0. The molecule has 1 aliphatic heterocycles. The van der Waals surface area contributed by atoms with Crippen LogP contribution in [-0.2, 0) is 4.74 Å². The van der Waals surface area contributed by atoms with Gasteiger partial charge in [0.15, 0.2) is 5.96 Å². The Kier molecular flexibility index (Phi) is 11.5. The van der Waals surface area contributed by atoms with Crippen LogP contribution in [0.1, 0.15) is 33.1 Å². The van der Waals surface area contributed by atoms with Gasteiger partial charge in [0, 0.05) is 45.9 Å². The fraction of sp³-hybridized carbons (Fsp3) is 0.722. The van der Waals surface area contributed by atoms with Crippen LogP contribution in [0.5, 0.6) is 0 Å². The average molecular weight is 480 g/mol. The Hall–Kier alpha value is -0.540. The summed E-state index contributed by atoms with van der Waals surface area (Å²) in [6.45, 7) is 9.11. The Morgan fingerprint density at radius 3 is 2.76 bits per heavy atom. The van der Waals surface area contributed by atoms with Gasteiger partial charge >= 0.3 is 0 Å². The molecule has 1 aliphatic rings. The van der Waals surface area contributed by atoms with Crippen molar-refractivity contribution in [3.05, 3.63) is 17.5 Å². The number of nitrogens with zero attached hydrogens (tertiary/aromatic N) is 2. The fourth-order valence-corrected chi connectivity index (χ4v) is 3.57. The minimum absolute atomic E-state index is 0. The monoisotopic (exact) mass is 480 g/mol. The molecule has 0 saturated carbocycles. The molecule has 5 nitrogen and oxygen atoms in total. The van der Waals surface area contributed by atoms with Crippen LogP contribution < -0.4 is 15.5 Å². The van der Waals surface area contributed by atoms with Crippen LogP contribution in [0.15, 0.2) is 22.5 Å². The number of hydrogen-bond acceptors (Lipinski definition) is 4. The fourth-order valence-electron chi connectivity index (χ4n) is 2.78. The van der Waals surface area contributed by atoms with Gasteiger partial charge < -0.3 is 20.3 Å². The summed E-state index contributed by atoms with van der Waals surface area (Å²) in [6.07, 6.45) is 3.30. The van der Waals surface area contributed by atoms with E-state index in [0.717, 1.165) is 58.1 Å². The molecule has 0 radical (unpaired) electrons. The highest BCUT2D eigenvalue weighted by Gasteiger charge is 2.20. The number of thiophene rings is 1. The van der Waals surface area contributed by atoms with E-state index in [2.05, 4.69) is 51.9 Å². The van der Waals surface area contributed by atoms with E-state index in [1.807, 2.05) is 18.4 Å². The Morgan fingerprint density at radius 2 is 2.16 bits per heavy atom. The number of hydrogen-bond donors (Lipinski definition) is 2. The van der Waals surface area contributed by atoms with Crippen LogP contribution in [0.4, 0.5) is 5.00 Å². The van der Waals surface area contributed by atoms with E-state index < -0.39 is 0 Å². The summed E-state index contributed by atoms with van der Waals surface area (Å²) < 4.78 is 5.60. The van der Waals surface area contributed by atoms with E-state index >= 15 is 0 Å². The van der Waals surface area contributed by atoms with Gasteiger partial charge in [0.2, 0.25) is 0 Å². The summed E-state index contributed by atoms with van der Waals surface area (Å²) in [5.74, 6) is 1.51. The third-order valence-electron chi connectivity index (χ3n) is 4.09. The average Bonchev–Trinajstić information content (AvgIpc) is 3.11. The molecule has 1 aromatic heterocycles. The van der Waals surface area contributed by atoms with Crippen molar-refractivity contribution in [3.8, 4) is 0 Å². The first-order valence-corrected chi connectivity index (χ1v) is 9.90. The van der Waals surface area contributed by atoms with E-state index in [4.69, 9.17) is 4.74 Å². The predicted molar refractivity (Wildman–Crippen MR) is 120 cm³/mol. The lowest BCUT2D eigenvalue weighted by Gasteiger charge is -2.33. The largest absolute Gasteiger partial charge is 0.381 e. The van der Waals surface area contributed by atoms with E-state index in [0.29, 0.717) is 12.0 Å². The first-order valence-electron chi connectivity index (χ1n) is 9.02. The lowest BCUT2D eigenvalue weighted by molar-refractivity contribution is 0.108. The number of halogens is 1. The zero-order chi connectivity index (χ0) is 17.2. The molecule has 1 saturated heterocycles. The van der Waals surface area contributed by atoms with Crippen LogP contribution in [0, 0.1) is 5.92 Å². The van der Waals surface area contributed by atoms with Gasteiger partial charge in [0.25, 0.3) is 0 Å². The SMILES string of the molecule is CN=C(NCCCOCC(C)C)NC1CCN(c2cccs2)CC1.I. The van der Waals surface area contributed by atoms with Crippen LogP contribution in [0.25, 0.3) is 0 Å². The van der Waals surface area contributed by atoms with Gasteiger partial charge in [0.1, 0.15) is 0 Å². The molecule has 0 unspecified atom stereocenters. The second-order valence-electron chi connectivity index (χ2n) is 6.68. The van der Waals surface area contributed by atoms with E-state index in [-0.39, 0.29) is 24.0 Å². The normalized spacial score (nSPS) is 16.0. The quantitative estimate of drug-likeness (QED) is 0.259. The molecule has 1 aromatic rings. The lowest BCUT2D eigenvalue weighted by Crippen LogP contribution is -2.48. The first kappa shape index (κ1) is 22.5. The van der Waals surface area contributed by atoms with Crippen LogP contribution in [0.3, 0.4) is 0 Å². The Morgan fingerprint density at radius 1 is 1.40 bits per heavy atom. The summed E-state index contributed by atoms with van der Waals surface area (Å²) in [5, 5.41) is 10.5. The zero-order valence-electron chi connectivity index (χ0n) is 15.7. The zero-order valence-corrected chi connectivity index (χ0v) is 18.8. The molecule has 7 heteroatoms. The van der Waals surface area contributed by atoms with Crippen molar-refractivity contribution in [2.75, 3.05) is 44.8 Å². The van der Waals surface area contributed by atoms with Crippen molar-refractivity contribution in [2.45, 2.75) is 39.2 Å². The van der Waals surface area contributed by atoms with Crippen LogP contribution >= 0.6 is 35.3 Å². The number of rotatable bonds is 8. The van der Waals surface area contributed by atoms with Crippen molar-refractivity contribution >= 4 is 46.3 Å². The molecule has 0 atom stereocenters. The molecule has 2 N–H and O–H groups in total. The summed E-state index contributed by atoms with van der Waals surface area (Å²) in [6, 6.07) is 4.84. The minimum Gasteiger partial charge on any atom is -0.381 e. The lowest BCUT2D eigenvalue weighted by atomic mass is 10.1. The topological polar surface area (TPSA) is 48.9 Å². The smallest absolute Gasteiger partial charge is 0.191 e. The number of nitrogens with one attached hydrogen (secondary N) is 2. The summed E-state index contributed by atoms with van der Waals surface area (Å²) in [7, 11) is 1.84. The maximum atomic E-state index is 5.60. The molecular weight excluding hydrogens is 447 g/mol. The van der Waals surface area contributed by atoms with Gasteiger partial charge in [-0.25, -0.2) is 0 Å². The number of aliphatic imine (C=N–C) groups is 1. The highest BCUT2D eigenvalue weighted by molar-refractivity contribution is 14.0. The first-order chi connectivity index (χ1) is 11.7. The van der Waals surface area contributed by atoms with E-state index in [1.165, 1.54) is 5.00 Å². The second-order valence-corrected chi connectivity index (χ2v) is 7.60. The Bertz CT molecular complexity index is 473. The molecule has 0 aliphatic carbocycles. The summed E-state index contributed by atoms with van der Waals surface area (Å²) in [5.41, 5.74) is 0. The van der Waals surface area contributed by atoms with E-state index in [1.54, 1.807) is 0 Å². The highest BCUT2D eigenvalue weighted by atomic mass is 127. The maximum Gasteiger partial charge on any atom is 0.191 e. The number of guanidine groups is 1. The standard InChI is InChI=1S/C18H32N4OS.HI/c1-15(2)14-23-12-5-9-20-18(19-3)21-16-7-10-22(11-8-16)17-6-4-13-24-17;/h4,6,13,15-16H,5,7-12,14H2,1-3H3,(H2,19,20,21);1H. The van der Waals surface area contributed by atoms with Gasteiger partial charge in [-0.2, -0.15) is 0 Å². The van der Waals surface area contributed by atoms with Gasteiger partial charge in [-0.3, -0.25) is 4.99 Å². The molecule has 0 spiro atoms. The number of piperidine rings is 1. The van der Waals surface area contributed by atoms with Crippen molar-refractivity contribution < 1.29 is 4.74 Å². The third kappa shape index (κ3) is 8.59. The molecule has 0 amide bonds. The Balaban J connectivity index is 0.00000312. The van der Waals surface area contributed by atoms with Gasteiger partial charge in [-0.15, -0.1) is 35.3 Å². The van der Waals surface area contributed by atoms with Gasteiger partial charge in [0.05, 0.1) is 5.00 Å². The predicted octanol–water partition coefficient (Wildman–Crippen LogP) is 3.56. The van der Waals surface area contributed by atoms with Crippen molar-refractivity contribution in [1.29, 1.82) is 0 Å². The molecule has 2 rings (SSSR count). The molecule has 1 fully saturated rings. The Labute approximate surface area is 173 Å². The number of anilines is 1. The van der Waals surface area contributed by atoms with E-state index in [9.17, 15) is 0 Å².